The number of fused-ring (bicyclic) bond motifs is 4. The standard InChI is InChI=1S/C32H34FN5O5S/c1-19(2)34-10-11-42-30-27(37-44(4,40)41)12-20(17-36-30)23-13-24-26(14-25(23)33)35-18-28-29(24)32(31(39)38(28)3)15-22(16-32)43-21-8-6-5-7-9-21/h5-9,12-14,17-19,22,34,37H,10-11,15-16H2,1-4H3. The first kappa shape index (κ1) is 29.8. The summed E-state index contributed by atoms with van der Waals surface area (Å²) in [5.74, 6) is 0.219. The molecule has 1 saturated carbocycles. The Bertz CT molecular complexity index is 1850. The molecule has 0 bridgehead atoms. The van der Waals surface area contributed by atoms with E-state index in [1.54, 1.807) is 24.2 Å². The molecule has 2 aromatic carbocycles. The van der Waals surface area contributed by atoms with Crippen LogP contribution in [0.2, 0.25) is 0 Å². The molecule has 0 unspecified atom stereocenters. The monoisotopic (exact) mass is 619 g/mol. The predicted octanol–water partition coefficient (Wildman–Crippen LogP) is 4.64. The number of hydrogen-bond donors (Lipinski definition) is 2. The number of hydrogen-bond acceptors (Lipinski definition) is 8. The number of nitrogens with zero attached hydrogens (tertiary/aromatic N) is 3. The maximum Gasteiger partial charge on any atom is 0.238 e. The minimum atomic E-state index is -3.69. The molecule has 1 fully saturated rings. The van der Waals surface area contributed by atoms with Crippen LogP contribution < -0.4 is 24.4 Å². The molecular weight excluding hydrogens is 585 g/mol. The molecule has 10 nitrogen and oxygen atoms in total. The van der Waals surface area contributed by atoms with Gasteiger partial charge in [0.25, 0.3) is 0 Å². The van der Waals surface area contributed by atoms with E-state index in [0.717, 1.165) is 17.6 Å². The number of likely N-dealkylation sites (N-methyl/N-ethyl adjacent to an activating group) is 1. The van der Waals surface area contributed by atoms with Gasteiger partial charge in [-0.25, -0.2) is 17.8 Å². The number of para-hydroxylation sites is 1. The van der Waals surface area contributed by atoms with Gasteiger partial charge in [0.15, 0.2) is 0 Å². The second-order valence-electron chi connectivity index (χ2n) is 11.7. The molecule has 44 heavy (non-hydrogen) atoms. The van der Waals surface area contributed by atoms with Crippen molar-refractivity contribution in [1.29, 1.82) is 0 Å². The summed E-state index contributed by atoms with van der Waals surface area (Å²) in [7, 11) is -1.97. The summed E-state index contributed by atoms with van der Waals surface area (Å²) in [4.78, 5) is 24.1. The zero-order chi connectivity index (χ0) is 31.2. The molecular formula is C32H34FN5O5S. The van der Waals surface area contributed by atoms with E-state index in [1.165, 1.54) is 18.3 Å². The second-order valence-corrected chi connectivity index (χ2v) is 13.4. The molecule has 2 N–H and O–H groups in total. The third-order valence-electron chi connectivity index (χ3n) is 8.04. The second kappa shape index (κ2) is 11.3. The van der Waals surface area contributed by atoms with Gasteiger partial charge in [-0.3, -0.25) is 14.5 Å². The number of nitrogens with one attached hydrogen (secondary N) is 2. The van der Waals surface area contributed by atoms with Crippen LogP contribution in [-0.2, 0) is 20.2 Å². The molecule has 1 amide bonds. The normalized spacial score (nSPS) is 19.4. The van der Waals surface area contributed by atoms with E-state index in [-0.39, 0.29) is 41.8 Å². The van der Waals surface area contributed by atoms with Crippen LogP contribution in [0.3, 0.4) is 0 Å². The minimum Gasteiger partial charge on any atom is -0.490 e. The number of benzene rings is 2. The van der Waals surface area contributed by atoms with E-state index in [0.29, 0.717) is 41.5 Å². The van der Waals surface area contributed by atoms with Gasteiger partial charge in [-0.05, 0) is 24.3 Å². The van der Waals surface area contributed by atoms with E-state index in [1.807, 2.05) is 44.2 Å². The van der Waals surface area contributed by atoms with Crippen LogP contribution in [0, 0.1) is 5.82 Å². The molecule has 2 aliphatic rings. The molecule has 4 aromatic rings. The van der Waals surface area contributed by atoms with Gasteiger partial charge in [-0.2, -0.15) is 0 Å². The summed E-state index contributed by atoms with van der Waals surface area (Å²) in [6.07, 6.45) is 4.89. The SMILES string of the molecule is CC(C)NCCOc1ncc(-c2cc3c4c(cnc3cc2F)N(C)C(=O)C42CC(Oc3ccccc3)C2)cc1NS(C)(=O)=O. The Balaban J connectivity index is 1.38. The number of carbonyl (C=O) groups is 1. The number of halogens is 1. The number of carbonyl (C=O) groups excluding carboxylic acids is 1. The molecule has 1 aliphatic heterocycles. The zero-order valence-corrected chi connectivity index (χ0v) is 25.7. The van der Waals surface area contributed by atoms with Gasteiger partial charge in [-0.1, -0.05) is 32.0 Å². The van der Waals surface area contributed by atoms with Gasteiger partial charge >= 0.3 is 0 Å². The van der Waals surface area contributed by atoms with E-state index in [2.05, 4.69) is 20.0 Å². The van der Waals surface area contributed by atoms with Crippen molar-refractivity contribution in [2.24, 2.45) is 0 Å². The Morgan fingerprint density at radius 3 is 2.57 bits per heavy atom. The average molecular weight is 620 g/mol. The summed E-state index contributed by atoms with van der Waals surface area (Å²) in [6, 6.07) is 14.2. The van der Waals surface area contributed by atoms with Crippen LogP contribution in [0.4, 0.5) is 15.8 Å². The first-order valence-electron chi connectivity index (χ1n) is 14.4. The van der Waals surface area contributed by atoms with Crippen LogP contribution >= 0.6 is 0 Å². The first-order chi connectivity index (χ1) is 20.9. The largest absolute Gasteiger partial charge is 0.490 e. The third-order valence-corrected chi connectivity index (χ3v) is 8.63. The molecule has 0 saturated heterocycles. The summed E-state index contributed by atoms with van der Waals surface area (Å²) in [6.45, 7) is 4.79. The fraction of sp³-hybridized carbons (Fsp3) is 0.344. The zero-order valence-electron chi connectivity index (χ0n) is 24.9. The molecule has 6 rings (SSSR count). The Morgan fingerprint density at radius 2 is 1.86 bits per heavy atom. The van der Waals surface area contributed by atoms with E-state index < -0.39 is 21.3 Å². The average Bonchev–Trinajstić information content (AvgIpc) is 3.17. The van der Waals surface area contributed by atoms with Crippen molar-refractivity contribution in [3.05, 3.63) is 72.3 Å². The lowest BCUT2D eigenvalue weighted by Crippen LogP contribution is -2.53. The highest BCUT2D eigenvalue weighted by atomic mass is 32.2. The molecule has 0 atom stereocenters. The molecule has 1 spiro atoms. The van der Waals surface area contributed by atoms with Crippen LogP contribution in [0.15, 0.2) is 60.9 Å². The minimum absolute atomic E-state index is 0.0460. The van der Waals surface area contributed by atoms with Gasteiger partial charge in [-0.15, -0.1) is 0 Å². The molecule has 3 heterocycles. The fourth-order valence-electron chi connectivity index (χ4n) is 6.07. The predicted molar refractivity (Wildman–Crippen MR) is 167 cm³/mol. The van der Waals surface area contributed by atoms with Crippen LogP contribution in [0.25, 0.3) is 22.0 Å². The van der Waals surface area contributed by atoms with Gasteiger partial charge in [0.2, 0.25) is 21.8 Å². The molecule has 2 aromatic heterocycles. The topological polar surface area (TPSA) is 123 Å². The van der Waals surface area contributed by atoms with Gasteiger partial charge in [0.1, 0.15) is 30.0 Å². The number of amides is 1. The number of anilines is 2. The van der Waals surface area contributed by atoms with Crippen molar-refractivity contribution >= 4 is 38.2 Å². The van der Waals surface area contributed by atoms with Crippen LogP contribution in [-0.4, -0.2) is 62.9 Å². The highest BCUT2D eigenvalue weighted by molar-refractivity contribution is 7.92. The first-order valence-corrected chi connectivity index (χ1v) is 16.3. The van der Waals surface area contributed by atoms with E-state index in [9.17, 15) is 13.2 Å². The van der Waals surface area contributed by atoms with Gasteiger partial charge in [0.05, 0.1) is 29.1 Å². The highest BCUT2D eigenvalue weighted by Crippen LogP contribution is 2.56. The van der Waals surface area contributed by atoms with Crippen molar-refractivity contribution in [3.8, 4) is 22.8 Å². The summed E-state index contributed by atoms with van der Waals surface area (Å²) in [5.41, 5.74) is 1.70. The van der Waals surface area contributed by atoms with Gasteiger partial charge < -0.3 is 19.7 Å². The fourth-order valence-corrected chi connectivity index (χ4v) is 6.62. The number of ether oxygens (including phenoxy) is 2. The Morgan fingerprint density at radius 1 is 1.11 bits per heavy atom. The maximum absolute atomic E-state index is 15.7. The lowest BCUT2D eigenvalue weighted by Gasteiger charge is -2.43. The number of rotatable bonds is 10. The number of pyridine rings is 2. The smallest absolute Gasteiger partial charge is 0.238 e. The number of aromatic nitrogens is 2. The summed E-state index contributed by atoms with van der Waals surface area (Å²) in [5, 5.41) is 3.87. The molecule has 0 radical (unpaired) electrons. The van der Waals surface area contributed by atoms with E-state index >= 15 is 4.39 Å². The van der Waals surface area contributed by atoms with Gasteiger partial charge in [0, 0.05) is 66.8 Å². The van der Waals surface area contributed by atoms with Crippen molar-refractivity contribution in [1.82, 2.24) is 15.3 Å². The lowest BCUT2D eigenvalue weighted by atomic mass is 9.62. The molecule has 230 valence electrons. The third kappa shape index (κ3) is 5.55. The van der Waals surface area contributed by atoms with Crippen LogP contribution in [0.1, 0.15) is 32.3 Å². The van der Waals surface area contributed by atoms with Crippen molar-refractivity contribution < 1.29 is 27.1 Å². The lowest BCUT2D eigenvalue weighted by molar-refractivity contribution is -0.129. The summed E-state index contributed by atoms with van der Waals surface area (Å²) >= 11 is 0. The van der Waals surface area contributed by atoms with Crippen molar-refractivity contribution in [2.45, 2.75) is 44.2 Å². The highest BCUT2D eigenvalue weighted by Gasteiger charge is 2.59. The van der Waals surface area contributed by atoms with Crippen molar-refractivity contribution in [2.75, 3.05) is 36.1 Å². The Kier molecular flexibility index (Phi) is 7.66. The molecule has 1 aliphatic carbocycles. The van der Waals surface area contributed by atoms with E-state index in [4.69, 9.17) is 9.47 Å². The number of sulfonamides is 1. The molecule has 12 heteroatoms. The Labute approximate surface area is 255 Å². The van der Waals surface area contributed by atoms with Crippen molar-refractivity contribution in [3.63, 3.8) is 0 Å². The van der Waals surface area contributed by atoms with Crippen LogP contribution in [0.5, 0.6) is 11.6 Å². The maximum atomic E-state index is 15.7. The quantitative estimate of drug-likeness (QED) is 0.246. The Hall–Kier alpha value is -4.29. The summed E-state index contributed by atoms with van der Waals surface area (Å²) < 4.78 is 54.3.